The number of nitrogens with zero attached hydrogens (tertiary/aromatic N) is 2. The molecule has 2 aliphatic heterocycles. The lowest BCUT2D eigenvalue weighted by Crippen LogP contribution is -2.36. The molecule has 136 valence electrons. The van der Waals surface area contributed by atoms with Crippen LogP contribution in [0.2, 0.25) is 0 Å². The summed E-state index contributed by atoms with van der Waals surface area (Å²) in [6.45, 7) is 0. The fraction of sp³-hybridized carbons (Fsp3) is 0.353. The molecule has 0 amide bonds. The van der Waals surface area contributed by atoms with Crippen LogP contribution in [0.25, 0.3) is 5.57 Å². The van der Waals surface area contributed by atoms with E-state index in [-0.39, 0.29) is 18.0 Å². The number of fused-ring (bicyclic) bond motifs is 1. The standard InChI is InChI=1S/C17H17ClFN5O2/c18-9-4-11-12(6-21-14(11)20-5-9)15-22-7-13(19)16(24-15)23-10-2-1-8(3-10)17(25)26/h4-8,10,14,20-21H,1-3H2,(H,25,26)(H,22,23,24)/t8-,10+,14?/m0/s1. The first-order chi connectivity index (χ1) is 12.5. The number of rotatable bonds is 4. The molecule has 4 rings (SSSR count). The SMILES string of the molecule is O=C(O)[C@H]1CC[C@@H](Nc2nc(C3=CNC4NC=C(Cl)C=C34)ncc2F)C1. The molecule has 1 fully saturated rings. The molecule has 3 heterocycles. The lowest BCUT2D eigenvalue weighted by atomic mass is 10.0. The zero-order valence-corrected chi connectivity index (χ0v) is 14.4. The van der Waals surface area contributed by atoms with Crippen molar-refractivity contribution in [1.82, 2.24) is 20.6 Å². The van der Waals surface area contributed by atoms with Gasteiger partial charge in [-0.3, -0.25) is 4.79 Å². The van der Waals surface area contributed by atoms with Gasteiger partial charge in [0.15, 0.2) is 17.5 Å². The summed E-state index contributed by atoms with van der Waals surface area (Å²) in [6, 6.07) is -0.121. The zero-order chi connectivity index (χ0) is 18.3. The fourth-order valence-corrected chi connectivity index (χ4v) is 3.65. The summed E-state index contributed by atoms with van der Waals surface area (Å²) >= 11 is 6.05. The second-order valence-electron chi connectivity index (χ2n) is 6.53. The summed E-state index contributed by atoms with van der Waals surface area (Å²) < 4.78 is 14.2. The van der Waals surface area contributed by atoms with Gasteiger partial charge in [-0.25, -0.2) is 14.4 Å². The average Bonchev–Trinajstić information content (AvgIpc) is 3.23. The van der Waals surface area contributed by atoms with Crippen molar-refractivity contribution >= 4 is 29.0 Å². The molecule has 1 aromatic rings. The summed E-state index contributed by atoms with van der Waals surface area (Å²) in [6.07, 6.45) is 7.96. The summed E-state index contributed by atoms with van der Waals surface area (Å²) in [4.78, 5) is 19.5. The highest BCUT2D eigenvalue weighted by Gasteiger charge is 2.31. The van der Waals surface area contributed by atoms with Gasteiger partial charge in [0.05, 0.1) is 17.1 Å². The lowest BCUT2D eigenvalue weighted by Gasteiger charge is -2.19. The first-order valence-electron chi connectivity index (χ1n) is 8.33. The highest BCUT2D eigenvalue weighted by atomic mass is 35.5. The Kier molecular flexibility index (Phi) is 4.28. The fourth-order valence-electron chi connectivity index (χ4n) is 3.47. The Labute approximate surface area is 154 Å². The number of halogens is 2. The molecule has 7 nitrogen and oxygen atoms in total. The summed E-state index contributed by atoms with van der Waals surface area (Å²) in [7, 11) is 0. The van der Waals surface area contributed by atoms with Crippen molar-refractivity contribution in [3.05, 3.63) is 46.9 Å². The Hall–Kier alpha value is -2.61. The van der Waals surface area contributed by atoms with Crippen LogP contribution < -0.4 is 16.0 Å². The van der Waals surface area contributed by atoms with Gasteiger partial charge in [-0.2, -0.15) is 0 Å². The number of aliphatic carboxylic acids is 1. The van der Waals surface area contributed by atoms with Crippen LogP contribution in [0.5, 0.6) is 0 Å². The molecule has 0 spiro atoms. The number of hydrogen-bond acceptors (Lipinski definition) is 6. The van der Waals surface area contributed by atoms with Gasteiger partial charge in [-0.1, -0.05) is 11.6 Å². The first kappa shape index (κ1) is 16.8. The second-order valence-corrected chi connectivity index (χ2v) is 6.97. The monoisotopic (exact) mass is 377 g/mol. The number of carboxylic acid groups (broad SMARTS) is 1. The van der Waals surface area contributed by atoms with Crippen molar-refractivity contribution in [2.75, 3.05) is 5.32 Å². The average molecular weight is 378 g/mol. The molecule has 0 aromatic carbocycles. The van der Waals surface area contributed by atoms with E-state index >= 15 is 0 Å². The van der Waals surface area contributed by atoms with E-state index in [2.05, 4.69) is 25.9 Å². The van der Waals surface area contributed by atoms with Crippen LogP contribution in [0.3, 0.4) is 0 Å². The van der Waals surface area contributed by atoms with Crippen LogP contribution in [-0.4, -0.2) is 33.3 Å². The van der Waals surface area contributed by atoms with Crippen LogP contribution in [0.1, 0.15) is 25.1 Å². The number of carbonyl (C=O) groups is 1. The highest BCUT2D eigenvalue weighted by Crippen LogP contribution is 2.32. The quantitative estimate of drug-likeness (QED) is 0.638. The van der Waals surface area contributed by atoms with Crippen molar-refractivity contribution in [2.45, 2.75) is 31.5 Å². The molecule has 26 heavy (non-hydrogen) atoms. The van der Waals surface area contributed by atoms with Crippen LogP contribution >= 0.6 is 11.6 Å². The number of carboxylic acids is 1. The second kappa shape index (κ2) is 6.60. The summed E-state index contributed by atoms with van der Waals surface area (Å²) in [5.41, 5.74) is 1.61. The van der Waals surface area contributed by atoms with Crippen LogP contribution in [0.4, 0.5) is 10.2 Å². The number of dihydropyridines is 1. The van der Waals surface area contributed by atoms with E-state index in [0.717, 1.165) is 17.3 Å². The van der Waals surface area contributed by atoms with Crippen LogP contribution in [0.15, 0.2) is 35.3 Å². The molecule has 1 aromatic heterocycles. The van der Waals surface area contributed by atoms with Crippen molar-refractivity contribution in [3.8, 4) is 0 Å². The minimum absolute atomic E-state index is 0.0846. The van der Waals surface area contributed by atoms with Gasteiger partial charge in [0.2, 0.25) is 0 Å². The molecule has 9 heteroatoms. The predicted octanol–water partition coefficient (Wildman–Crippen LogP) is 2.16. The van der Waals surface area contributed by atoms with Gasteiger partial charge in [0.25, 0.3) is 0 Å². The molecule has 1 unspecified atom stereocenters. The number of nitrogens with one attached hydrogen (secondary N) is 3. The molecule has 3 atom stereocenters. The third-order valence-corrected chi connectivity index (χ3v) is 5.02. The number of allylic oxidation sites excluding steroid dienone is 2. The van der Waals surface area contributed by atoms with E-state index in [9.17, 15) is 9.18 Å². The van der Waals surface area contributed by atoms with E-state index in [1.165, 1.54) is 0 Å². The van der Waals surface area contributed by atoms with Gasteiger partial charge in [-0.15, -0.1) is 0 Å². The van der Waals surface area contributed by atoms with E-state index in [4.69, 9.17) is 16.7 Å². The lowest BCUT2D eigenvalue weighted by molar-refractivity contribution is -0.141. The largest absolute Gasteiger partial charge is 0.481 e. The number of aromatic nitrogens is 2. The summed E-state index contributed by atoms with van der Waals surface area (Å²) in [5.74, 6) is -1.32. The minimum atomic E-state index is -0.812. The first-order valence-corrected chi connectivity index (χ1v) is 8.71. The predicted molar refractivity (Wildman–Crippen MR) is 94.4 cm³/mol. The van der Waals surface area contributed by atoms with Crippen molar-refractivity contribution in [1.29, 1.82) is 0 Å². The molecule has 1 saturated carbocycles. The highest BCUT2D eigenvalue weighted by molar-refractivity contribution is 6.31. The third-order valence-electron chi connectivity index (χ3n) is 4.81. The molecular formula is C17H17ClFN5O2. The van der Waals surface area contributed by atoms with E-state index < -0.39 is 17.7 Å². The van der Waals surface area contributed by atoms with Crippen LogP contribution in [0, 0.1) is 11.7 Å². The maximum Gasteiger partial charge on any atom is 0.306 e. The van der Waals surface area contributed by atoms with Crippen molar-refractivity contribution in [2.24, 2.45) is 5.92 Å². The molecule has 3 aliphatic rings. The Morgan fingerprint density at radius 2 is 2.15 bits per heavy atom. The van der Waals surface area contributed by atoms with Gasteiger partial charge in [0, 0.05) is 29.6 Å². The van der Waals surface area contributed by atoms with E-state index in [1.807, 2.05) is 6.08 Å². The molecule has 1 aliphatic carbocycles. The molecular weight excluding hydrogens is 361 g/mol. The minimum Gasteiger partial charge on any atom is -0.481 e. The van der Waals surface area contributed by atoms with E-state index in [0.29, 0.717) is 30.1 Å². The van der Waals surface area contributed by atoms with Gasteiger partial charge in [-0.05, 0) is 25.3 Å². The van der Waals surface area contributed by atoms with Gasteiger partial charge < -0.3 is 21.1 Å². The van der Waals surface area contributed by atoms with E-state index in [1.54, 1.807) is 12.4 Å². The molecule has 0 saturated heterocycles. The number of hydrogen-bond donors (Lipinski definition) is 4. The molecule has 0 radical (unpaired) electrons. The number of anilines is 1. The smallest absolute Gasteiger partial charge is 0.306 e. The zero-order valence-electron chi connectivity index (χ0n) is 13.7. The normalized spacial score (nSPS) is 26.8. The topological polar surface area (TPSA) is 99.2 Å². The molecule has 4 N–H and O–H groups in total. The maximum absolute atomic E-state index is 14.2. The Balaban J connectivity index is 1.56. The van der Waals surface area contributed by atoms with Gasteiger partial charge >= 0.3 is 5.97 Å². The maximum atomic E-state index is 14.2. The van der Waals surface area contributed by atoms with Crippen molar-refractivity contribution < 1.29 is 14.3 Å². The molecule has 0 bridgehead atoms. The van der Waals surface area contributed by atoms with Crippen LogP contribution in [-0.2, 0) is 4.79 Å². The Morgan fingerprint density at radius 1 is 1.35 bits per heavy atom. The van der Waals surface area contributed by atoms with Gasteiger partial charge in [0.1, 0.15) is 6.17 Å². The Bertz CT molecular complexity index is 854. The Morgan fingerprint density at radius 3 is 2.92 bits per heavy atom. The van der Waals surface area contributed by atoms with Crippen molar-refractivity contribution in [3.63, 3.8) is 0 Å². The summed E-state index contributed by atoms with van der Waals surface area (Å²) in [5, 5.41) is 18.9. The third kappa shape index (κ3) is 3.12.